The van der Waals surface area contributed by atoms with E-state index >= 15 is 0 Å². The summed E-state index contributed by atoms with van der Waals surface area (Å²) in [5.41, 5.74) is 2.80. The zero-order valence-corrected chi connectivity index (χ0v) is 8.57. The Hall–Kier alpha value is -0.0100. The highest BCUT2D eigenvalue weighted by Gasteiger charge is 2.04. The van der Waals surface area contributed by atoms with Crippen LogP contribution in [0.2, 0.25) is 0 Å². The maximum absolute atomic E-state index is 5.51. The molecule has 1 unspecified atom stereocenters. The van der Waals surface area contributed by atoms with E-state index in [1.54, 1.807) is 5.54 Å². The molecule has 11 heavy (non-hydrogen) atoms. The topological polar surface area (TPSA) is 12.0 Å². The van der Waals surface area contributed by atoms with Crippen LogP contribution in [0.1, 0.15) is 27.7 Å². The molecule has 0 fully saturated rings. The van der Waals surface area contributed by atoms with Gasteiger partial charge < -0.3 is 5.32 Å². The molecular formula is C9H18ClN. The Morgan fingerprint density at radius 3 is 2.36 bits per heavy atom. The average Bonchev–Trinajstić information content (AvgIpc) is 1.99. The zero-order chi connectivity index (χ0) is 8.85. The van der Waals surface area contributed by atoms with Crippen LogP contribution in [-0.4, -0.2) is 12.6 Å². The lowest BCUT2D eigenvalue weighted by Gasteiger charge is -2.17. The third kappa shape index (κ3) is 5.28. The first-order valence-corrected chi connectivity index (χ1v) is 4.50. The second kappa shape index (κ2) is 5.62. The second-order valence-electron chi connectivity index (χ2n) is 3.37. The highest BCUT2D eigenvalue weighted by Crippen LogP contribution is 2.01. The summed E-state index contributed by atoms with van der Waals surface area (Å²) in [5.74, 6) is 0.679. The van der Waals surface area contributed by atoms with Gasteiger partial charge in [-0.2, -0.15) is 0 Å². The maximum atomic E-state index is 5.51. The fraction of sp³-hybridized carbons (Fsp3) is 0.778. The van der Waals surface area contributed by atoms with Gasteiger partial charge in [-0.15, -0.1) is 0 Å². The van der Waals surface area contributed by atoms with Crippen LogP contribution in [0, 0.1) is 5.92 Å². The molecule has 0 aromatic carbocycles. The molecule has 0 amide bonds. The molecule has 0 heterocycles. The molecule has 0 bridgehead atoms. The van der Waals surface area contributed by atoms with Crippen LogP contribution in [0.25, 0.3) is 0 Å². The second-order valence-corrected chi connectivity index (χ2v) is 3.59. The van der Waals surface area contributed by atoms with Gasteiger partial charge in [-0.25, -0.2) is 0 Å². The predicted octanol–water partition coefficient (Wildman–Crippen LogP) is 2.76. The van der Waals surface area contributed by atoms with Crippen molar-refractivity contribution in [3.63, 3.8) is 0 Å². The lowest BCUT2D eigenvalue weighted by molar-refractivity contribution is 0.441. The molecule has 0 aliphatic rings. The SMILES string of the molecule is CC(=CCl)CNC(C)C(C)C. The van der Waals surface area contributed by atoms with Gasteiger partial charge in [0.15, 0.2) is 0 Å². The predicted molar refractivity (Wildman–Crippen MR) is 51.9 cm³/mol. The average molecular weight is 176 g/mol. The summed E-state index contributed by atoms with van der Waals surface area (Å²) in [5, 5.41) is 3.38. The van der Waals surface area contributed by atoms with Gasteiger partial charge in [0.05, 0.1) is 0 Å². The lowest BCUT2D eigenvalue weighted by atomic mass is 10.1. The van der Waals surface area contributed by atoms with Crippen molar-refractivity contribution in [2.24, 2.45) is 5.92 Å². The van der Waals surface area contributed by atoms with Gasteiger partial charge in [0.2, 0.25) is 0 Å². The van der Waals surface area contributed by atoms with Gasteiger partial charge in [0.25, 0.3) is 0 Å². The van der Waals surface area contributed by atoms with Crippen LogP contribution in [0.3, 0.4) is 0 Å². The Morgan fingerprint density at radius 2 is 2.00 bits per heavy atom. The number of hydrogen-bond acceptors (Lipinski definition) is 1. The molecule has 0 aromatic rings. The van der Waals surface area contributed by atoms with E-state index in [9.17, 15) is 0 Å². The lowest BCUT2D eigenvalue weighted by Crippen LogP contribution is -2.31. The minimum Gasteiger partial charge on any atom is -0.310 e. The first kappa shape index (κ1) is 11.0. The van der Waals surface area contributed by atoms with E-state index < -0.39 is 0 Å². The Labute approximate surface area is 74.8 Å². The first-order chi connectivity index (χ1) is 5.07. The van der Waals surface area contributed by atoms with E-state index in [-0.39, 0.29) is 0 Å². The molecule has 0 saturated heterocycles. The van der Waals surface area contributed by atoms with Gasteiger partial charge >= 0.3 is 0 Å². The molecule has 0 aliphatic heterocycles. The summed E-state index contributed by atoms with van der Waals surface area (Å²) < 4.78 is 0. The van der Waals surface area contributed by atoms with Gasteiger partial charge in [0.1, 0.15) is 0 Å². The minimum absolute atomic E-state index is 0.557. The smallest absolute Gasteiger partial charge is 0.0176 e. The van der Waals surface area contributed by atoms with Gasteiger partial charge in [-0.3, -0.25) is 0 Å². The van der Waals surface area contributed by atoms with E-state index in [2.05, 4.69) is 26.1 Å². The van der Waals surface area contributed by atoms with Gasteiger partial charge in [-0.1, -0.05) is 25.4 Å². The number of nitrogens with one attached hydrogen (secondary N) is 1. The van der Waals surface area contributed by atoms with Crippen LogP contribution in [0.15, 0.2) is 11.1 Å². The maximum Gasteiger partial charge on any atom is 0.0176 e. The summed E-state index contributed by atoms with van der Waals surface area (Å²) in [7, 11) is 0. The van der Waals surface area contributed by atoms with E-state index in [0.717, 1.165) is 6.54 Å². The third-order valence-electron chi connectivity index (χ3n) is 1.89. The highest BCUT2D eigenvalue weighted by molar-refractivity contribution is 6.25. The monoisotopic (exact) mass is 175 g/mol. The largest absolute Gasteiger partial charge is 0.310 e. The van der Waals surface area contributed by atoms with Crippen molar-refractivity contribution in [1.82, 2.24) is 5.32 Å². The Kier molecular flexibility index (Phi) is 5.61. The molecular weight excluding hydrogens is 158 g/mol. The normalized spacial score (nSPS) is 15.6. The Bertz CT molecular complexity index is 130. The zero-order valence-electron chi connectivity index (χ0n) is 7.82. The number of rotatable bonds is 4. The van der Waals surface area contributed by atoms with Crippen LogP contribution < -0.4 is 5.32 Å². The van der Waals surface area contributed by atoms with Crippen molar-refractivity contribution in [2.75, 3.05) is 6.54 Å². The molecule has 1 nitrogen and oxygen atoms in total. The Morgan fingerprint density at radius 1 is 1.45 bits per heavy atom. The first-order valence-electron chi connectivity index (χ1n) is 4.07. The van der Waals surface area contributed by atoms with Crippen LogP contribution in [-0.2, 0) is 0 Å². The molecule has 2 heteroatoms. The third-order valence-corrected chi connectivity index (χ3v) is 2.26. The molecule has 0 aromatic heterocycles. The molecule has 0 aliphatic carbocycles. The molecule has 0 spiro atoms. The molecule has 66 valence electrons. The molecule has 0 rings (SSSR count). The van der Waals surface area contributed by atoms with Gasteiger partial charge in [0, 0.05) is 18.1 Å². The molecule has 1 N–H and O–H groups in total. The van der Waals surface area contributed by atoms with E-state index in [1.807, 2.05) is 6.92 Å². The number of halogens is 1. The Balaban J connectivity index is 3.54. The van der Waals surface area contributed by atoms with Crippen LogP contribution in [0.5, 0.6) is 0 Å². The van der Waals surface area contributed by atoms with E-state index in [0.29, 0.717) is 12.0 Å². The van der Waals surface area contributed by atoms with Crippen molar-refractivity contribution >= 4 is 11.6 Å². The van der Waals surface area contributed by atoms with E-state index in [4.69, 9.17) is 11.6 Å². The molecule has 1 atom stereocenters. The summed E-state index contributed by atoms with van der Waals surface area (Å²) in [6, 6.07) is 0.557. The minimum atomic E-state index is 0.557. The summed E-state index contributed by atoms with van der Waals surface area (Å²) >= 11 is 5.51. The van der Waals surface area contributed by atoms with Gasteiger partial charge in [-0.05, 0) is 25.3 Å². The highest BCUT2D eigenvalue weighted by atomic mass is 35.5. The molecule has 0 saturated carbocycles. The van der Waals surface area contributed by atoms with Crippen molar-refractivity contribution in [1.29, 1.82) is 0 Å². The quantitative estimate of drug-likeness (QED) is 0.693. The van der Waals surface area contributed by atoms with Crippen LogP contribution >= 0.6 is 11.6 Å². The van der Waals surface area contributed by atoms with E-state index in [1.165, 1.54) is 5.57 Å². The fourth-order valence-electron chi connectivity index (χ4n) is 0.596. The number of hydrogen-bond donors (Lipinski definition) is 1. The fourth-order valence-corrected chi connectivity index (χ4v) is 0.673. The molecule has 0 radical (unpaired) electrons. The summed E-state index contributed by atoms with van der Waals surface area (Å²) in [6.45, 7) is 9.51. The summed E-state index contributed by atoms with van der Waals surface area (Å²) in [6.07, 6.45) is 0. The van der Waals surface area contributed by atoms with Crippen molar-refractivity contribution in [3.05, 3.63) is 11.1 Å². The van der Waals surface area contributed by atoms with Crippen molar-refractivity contribution < 1.29 is 0 Å². The standard InChI is InChI=1S/C9H18ClN/c1-7(2)9(4)11-6-8(3)5-10/h5,7,9,11H,6H2,1-4H3. The van der Waals surface area contributed by atoms with Crippen molar-refractivity contribution in [2.45, 2.75) is 33.7 Å². The van der Waals surface area contributed by atoms with Crippen LogP contribution in [0.4, 0.5) is 0 Å². The van der Waals surface area contributed by atoms with Crippen molar-refractivity contribution in [3.8, 4) is 0 Å². The summed E-state index contributed by atoms with van der Waals surface area (Å²) in [4.78, 5) is 0.